The number of rotatable bonds is 4. The molecule has 0 fully saturated rings. The van der Waals surface area contributed by atoms with Crippen LogP contribution in [-0.4, -0.2) is 15.1 Å². The van der Waals surface area contributed by atoms with Crippen molar-refractivity contribution >= 4 is 11.4 Å². The number of hydrogen-bond donors (Lipinski definition) is 1. The van der Waals surface area contributed by atoms with Crippen molar-refractivity contribution in [2.45, 2.75) is 13.5 Å². The van der Waals surface area contributed by atoms with E-state index in [9.17, 15) is 10.1 Å². The Labute approximate surface area is 96.6 Å². The molecule has 88 valence electrons. The van der Waals surface area contributed by atoms with Crippen LogP contribution in [0.1, 0.15) is 11.4 Å². The highest BCUT2D eigenvalue weighted by molar-refractivity contribution is 5.62. The fourth-order valence-electron chi connectivity index (χ4n) is 1.40. The van der Waals surface area contributed by atoms with Gasteiger partial charge in [0.05, 0.1) is 11.5 Å². The van der Waals surface area contributed by atoms with Crippen molar-refractivity contribution in [2.75, 3.05) is 5.32 Å². The van der Waals surface area contributed by atoms with E-state index in [0.717, 1.165) is 5.56 Å². The predicted octanol–water partition coefficient (Wildman–Crippen LogP) is 1.90. The second-order valence-electron chi connectivity index (χ2n) is 3.48. The number of nitro benzene ring substituents is 1. The van der Waals surface area contributed by atoms with Crippen LogP contribution in [0.15, 0.2) is 29.1 Å². The molecule has 0 unspecified atom stereocenters. The van der Waals surface area contributed by atoms with Gasteiger partial charge in [-0.3, -0.25) is 10.1 Å². The SMILES string of the molecule is Cc1ccc([N+](=O)[O-])c(NCc2ncon2)c1. The lowest BCUT2D eigenvalue weighted by Crippen LogP contribution is -2.04. The van der Waals surface area contributed by atoms with E-state index in [2.05, 4.69) is 20.0 Å². The fourth-order valence-corrected chi connectivity index (χ4v) is 1.40. The van der Waals surface area contributed by atoms with Crippen LogP contribution in [0.2, 0.25) is 0 Å². The summed E-state index contributed by atoms with van der Waals surface area (Å²) in [6.07, 6.45) is 1.21. The van der Waals surface area contributed by atoms with E-state index in [1.165, 1.54) is 12.5 Å². The van der Waals surface area contributed by atoms with Gasteiger partial charge in [-0.05, 0) is 18.6 Å². The van der Waals surface area contributed by atoms with Gasteiger partial charge in [0.1, 0.15) is 5.69 Å². The van der Waals surface area contributed by atoms with Gasteiger partial charge in [0.25, 0.3) is 5.69 Å². The Bertz CT molecular complexity index is 524. The van der Waals surface area contributed by atoms with Crippen LogP contribution in [0.3, 0.4) is 0 Å². The Kier molecular flexibility index (Phi) is 2.99. The highest BCUT2D eigenvalue weighted by atomic mass is 16.6. The summed E-state index contributed by atoms with van der Waals surface area (Å²) in [5.74, 6) is 0.445. The van der Waals surface area contributed by atoms with E-state index in [1.54, 1.807) is 12.1 Å². The minimum absolute atomic E-state index is 0.0269. The van der Waals surface area contributed by atoms with E-state index < -0.39 is 4.92 Å². The fraction of sp³-hybridized carbons (Fsp3) is 0.200. The van der Waals surface area contributed by atoms with Crippen LogP contribution in [0.4, 0.5) is 11.4 Å². The van der Waals surface area contributed by atoms with E-state index >= 15 is 0 Å². The zero-order valence-corrected chi connectivity index (χ0v) is 9.08. The molecule has 7 heteroatoms. The van der Waals surface area contributed by atoms with Crippen LogP contribution in [0.5, 0.6) is 0 Å². The number of anilines is 1. The first-order valence-electron chi connectivity index (χ1n) is 4.91. The van der Waals surface area contributed by atoms with Gasteiger partial charge in [0.15, 0.2) is 5.82 Å². The number of aryl methyl sites for hydroxylation is 1. The second kappa shape index (κ2) is 4.60. The minimum atomic E-state index is -0.433. The molecule has 1 aromatic carbocycles. The molecule has 17 heavy (non-hydrogen) atoms. The summed E-state index contributed by atoms with van der Waals surface area (Å²) in [6, 6.07) is 4.86. The summed E-state index contributed by atoms with van der Waals surface area (Å²) in [7, 11) is 0. The summed E-state index contributed by atoms with van der Waals surface area (Å²) in [5, 5.41) is 17.3. The van der Waals surface area contributed by atoms with E-state index in [0.29, 0.717) is 11.5 Å². The molecule has 0 radical (unpaired) electrons. The van der Waals surface area contributed by atoms with Crippen molar-refractivity contribution in [1.29, 1.82) is 0 Å². The second-order valence-corrected chi connectivity index (χ2v) is 3.48. The molecule has 1 heterocycles. The smallest absolute Gasteiger partial charge is 0.292 e. The van der Waals surface area contributed by atoms with Crippen LogP contribution in [-0.2, 0) is 6.54 Å². The Morgan fingerprint density at radius 1 is 1.53 bits per heavy atom. The number of nitrogens with zero attached hydrogens (tertiary/aromatic N) is 3. The Morgan fingerprint density at radius 3 is 3.00 bits per heavy atom. The molecule has 0 spiro atoms. The molecule has 0 aliphatic heterocycles. The minimum Gasteiger partial charge on any atom is -0.372 e. The van der Waals surface area contributed by atoms with Gasteiger partial charge in [-0.2, -0.15) is 4.98 Å². The third kappa shape index (κ3) is 2.57. The van der Waals surface area contributed by atoms with Gasteiger partial charge in [-0.1, -0.05) is 11.2 Å². The van der Waals surface area contributed by atoms with Crippen molar-refractivity contribution in [3.63, 3.8) is 0 Å². The monoisotopic (exact) mass is 234 g/mol. The third-order valence-electron chi connectivity index (χ3n) is 2.19. The molecule has 0 bridgehead atoms. The number of aromatic nitrogens is 2. The molecule has 0 saturated heterocycles. The predicted molar refractivity (Wildman–Crippen MR) is 59.5 cm³/mol. The molecular weight excluding hydrogens is 224 g/mol. The van der Waals surface area contributed by atoms with Gasteiger partial charge in [-0.15, -0.1) is 0 Å². The molecule has 7 nitrogen and oxygen atoms in total. The molecule has 0 saturated carbocycles. The number of benzene rings is 1. The Hall–Kier alpha value is -2.44. The lowest BCUT2D eigenvalue weighted by atomic mass is 10.2. The molecule has 0 aliphatic rings. The zero-order valence-electron chi connectivity index (χ0n) is 9.08. The number of nitrogens with one attached hydrogen (secondary N) is 1. The van der Waals surface area contributed by atoms with Crippen molar-refractivity contribution < 1.29 is 9.45 Å². The van der Waals surface area contributed by atoms with Crippen molar-refractivity contribution in [3.05, 3.63) is 46.1 Å². The maximum absolute atomic E-state index is 10.8. The van der Waals surface area contributed by atoms with E-state index in [-0.39, 0.29) is 12.2 Å². The van der Waals surface area contributed by atoms with Crippen molar-refractivity contribution in [1.82, 2.24) is 10.1 Å². The van der Waals surface area contributed by atoms with Crippen molar-refractivity contribution in [3.8, 4) is 0 Å². The van der Waals surface area contributed by atoms with Gasteiger partial charge < -0.3 is 9.84 Å². The van der Waals surface area contributed by atoms with E-state index in [1.807, 2.05) is 6.92 Å². The summed E-state index contributed by atoms with van der Waals surface area (Å²) in [5.41, 5.74) is 1.41. The molecule has 0 aliphatic carbocycles. The average Bonchev–Trinajstić information content (AvgIpc) is 2.78. The summed E-state index contributed by atoms with van der Waals surface area (Å²) in [4.78, 5) is 14.2. The largest absolute Gasteiger partial charge is 0.372 e. The quantitative estimate of drug-likeness (QED) is 0.641. The normalized spacial score (nSPS) is 10.2. The molecule has 2 aromatic rings. The zero-order chi connectivity index (χ0) is 12.3. The summed E-state index contributed by atoms with van der Waals surface area (Å²) >= 11 is 0. The van der Waals surface area contributed by atoms with Gasteiger partial charge in [0.2, 0.25) is 6.39 Å². The maximum atomic E-state index is 10.8. The molecule has 1 aromatic heterocycles. The van der Waals surface area contributed by atoms with Crippen molar-refractivity contribution in [2.24, 2.45) is 0 Å². The van der Waals surface area contributed by atoms with Gasteiger partial charge >= 0.3 is 0 Å². The topological polar surface area (TPSA) is 94.1 Å². The van der Waals surface area contributed by atoms with Crippen LogP contribution in [0.25, 0.3) is 0 Å². The first kappa shape index (κ1) is 11.1. The molecule has 0 amide bonds. The highest BCUT2D eigenvalue weighted by Gasteiger charge is 2.13. The van der Waals surface area contributed by atoms with Crippen LogP contribution >= 0.6 is 0 Å². The third-order valence-corrected chi connectivity index (χ3v) is 2.19. The first-order valence-corrected chi connectivity index (χ1v) is 4.91. The summed E-state index contributed by atoms with van der Waals surface area (Å²) < 4.78 is 4.57. The Morgan fingerprint density at radius 2 is 2.35 bits per heavy atom. The average molecular weight is 234 g/mol. The summed E-state index contributed by atoms with van der Waals surface area (Å²) in [6.45, 7) is 2.14. The maximum Gasteiger partial charge on any atom is 0.292 e. The van der Waals surface area contributed by atoms with E-state index in [4.69, 9.17) is 0 Å². The van der Waals surface area contributed by atoms with Gasteiger partial charge in [-0.25, -0.2) is 0 Å². The lowest BCUT2D eigenvalue weighted by Gasteiger charge is -2.05. The standard InChI is InChI=1S/C10H10N4O3/c1-7-2-3-9(14(15)16)8(4-7)11-5-10-12-6-17-13-10/h2-4,6,11H,5H2,1H3. The van der Waals surface area contributed by atoms with Crippen LogP contribution < -0.4 is 5.32 Å². The molecule has 2 rings (SSSR count). The Balaban J connectivity index is 2.19. The molecule has 0 atom stereocenters. The molecule has 1 N–H and O–H groups in total. The van der Waals surface area contributed by atoms with Crippen LogP contribution in [0, 0.1) is 17.0 Å². The first-order chi connectivity index (χ1) is 8.16. The molecular formula is C10H10N4O3. The lowest BCUT2D eigenvalue weighted by molar-refractivity contribution is -0.384. The number of nitro groups is 1. The number of hydrogen-bond acceptors (Lipinski definition) is 6. The van der Waals surface area contributed by atoms with Gasteiger partial charge in [0, 0.05) is 6.07 Å². The highest BCUT2D eigenvalue weighted by Crippen LogP contribution is 2.25.